The molecule has 82 valence electrons. The predicted molar refractivity (Wildman–Crippen MR) is 57.6 cm³/mol. The van der Waals surface area contributed by atoms with Crippen LogP contribution in [0.25, 0.3) is 0 Å². The molecule has 1 amide bonds. The van der Waals surface area contributed by atoms with Gasteiger partial charge in [0.1, 0.15) is 0 Å². The Labute approximate surface area is 89.6 Å². The number of aliphatic hydroxyl groups excluding tert-OH is 1. The summed E-state index contributed by atoms with van der Waals surface area (Å²) in [5.41, 5.74) is 1.42. The fraction of sp³-hybridized carbons (Fsp3) is 0.455. The summed E-state index contributed by atoms with van der Waals surface area (Å²) >= 11 is 0. The van der Waals surface area contributed by atoms with Gasteiger partial charge in [-0.15, -0.1) is 0 Å². The zero-order chi connectivity index (χ0) is 11.4. The summed E-state index contributed by atoms with van der Waals surface area (Å²) < 4.78 is 0. The Hall–Kier alpha value is -1.42. The normalized spacial score (nSPS) is 12.3. The Bertz CT molecular complexity index is 335. The van der Waals surface area contributed by atoms with Gasteiger partial charge in [-0.1, -0.05) is 0 Å². The van der Waals surface area contributed by atoms with Gasteiger partial charge in [-0.2, -0.15) is 0 Å². The lowest BCUT2D eigenvalue weighted by atomic mass is 10.2. The number of carbonyl (C=O) groups excluding carboxylic acids is 1. The quantitative estimate of drug-likeness (QED) is 0.801. The highest BCUT2D eigenvalue weighted by Gasteiger charge is 2.16. The van der Waals surface area contributed by atoms with E-state index in [1.165, 1.54) is 4.90 Å². The lowest BCUT2D eigenvalue weighted by molar-refractivity contribution is 0.0682. The maximum absolute atomic E-state index is 11.8. The first-order chi connectivity index (χ1) is 7.06. The molecule has 1 heterocycles. The van der Waals surface area contributed by atoms with E-state index in [1.807, 2.05) is 6.92 Å². The number of rotatable bonds is 3. The minimum Gasteiger partial charge on any atom is -0.394 e. The highest BCUT2D eigenvalue weighted by atomic mass is 16.3. The average molecular weight is 208 g/mol. The number of amides is 1. The minimum atomic E-state index is -0.182. The van der Waals surface area contributed by atoms with Crippen LogP contribution in [0.4, 0.5) is 0 Å². The molecule has 0 bridgehead atoms. The fourth-order valence-electron chi connectivity index (χ4n) is 1.12. The number of aliphatic hydroxyl groups is 1. The first-order valence-corrected chi connectivity index (χ1v) is 4.87. The number of carbonyl (C=O) groups is 1. The number of nitrogens with zero attached hydrogens (tertiary/aromatic N) is 2. The number of hydrogen-bond donors (Lipinski definition) is 1. The maximum Gasteiger partial charge on any atom is 0.255 e. The van der Waals surface area contributed by atoms with Gasteiger partial charge in [-0.25, -0.2) is 0 Å². The monoisotopic (exact) mass is 208 g/mol. The van der Waals surface area contributed by atoms with Crippen LogP contribution < -0.4 is 0 Å². The summed E-state index contributed by atoms with van der Waals surface area (Å²) in [6.45, 7) is 3.62. The first kappa shape index (κ1) is 11.7. The van der Waals surface area contributed by atoms with Crippen molar-refractivity contribution in [3.63, 3.8) is 0 Å². The van der Waals surface area contributed by atoms with Gasteiger partial charge in [0.25, 0.3) is 5.91 Å². The summed E-state index contributed by atoms with van der Waals surface area (Å²) in [4.78, 5) is 17.4. The summed E-state index contributed by atoms with van der Waals surface area (Å²) in [5.74, 6) is -0.121. The fourth-order valence-corrected chi connectivity index (χ4v) is 1.12. The van der Waals surface area contributed by atoms with Crippen LogP contribution in [-0.4, -0.2) is 40.6 Å². The highest BCUT2D eigenvalue weighted by molar-refractivity contribution is 5.93. The molecule has 1 rings (SSSR count). The van der Waals surface area contributed by atoms with Crippen LogP contribution >= 0.6 is 0 Å². The van der Waals surface area contributed by atoms with Gasteiger partial charge in [-0.05, 0) is 26.0 Å². The van der Waals surface area contributed by atoms with E-state index < -0.39 is 0 Å². The van der Waals surface area contributed by atoms with Crippen LogP contribution in [0.2, 0.25) is 0 Å². The van der Waals surface area contributed by atoms with E-state index in [-0.39, 0.29) is 18.6 Å². The Morgan fingerprint density at radius 3 is 2.73 bits per heavy atom. The van der Waals surface area contributed by atoms with Gasteiger partial charge in [0, 0.05) is 18.9 Å². The molecule has 0 spiro atoms. The van der Waals surface area contributed by atoms with Gasteiger partial charge in [0.05, 0.1) is 18.2 Å². The van der Waals surface area contributed by atoms with Crippen molar-refractivity contribution < 1.29 is 9.90 Å². The number of aromatic nitrogens is 1. The topological polar surface area (TPSA) is 53.4 Å². The van der Waals surface area contributed by atoms with Gasteiger partial charge < -0.3 is 10.0 Å². The first-order valence-electron chi connectivity index (χ1n) is 4.87. The van der Waals surface area contributed by atoms with E-state index in [0.29, 0.717) is 5.56 Å². The van der Waals surface area contributed by atoms with Gasteiger partial charge >= 0.3 is 0 Å². The van der Waals surface area contributed by atoms with Crippen LogP contribution in [0.5, 0.6) is 0 Å². The number of hydrogen-bond acceptors (Lipinski definition) is 3. The summed E-state index contributed by atoms with van der Waals surface area (Å²) in [5, 5.41) is 8.94. The second-order valence-corrected chi connectivity index (χ2v) is 3.64. The van der Waals surface area contributed by atoms with Crippen molar-refractivity contribution in [3.05, 3.63) is 29.6 Å². The Morgan fingerprint density at radius 1 is 1.60 bits per heavy atom. The highest BCUT2D eigenvalue weighted by Crippen LogP contribution is 2.05. The second-order valence-electron chi connectivity index (χ2n) is 3.64. The molecule has 1 N–H and O–H groups in total. The molecule has 15 heavy (non-hydrogen) atoms. The second kappa shape index (κ2) is 4.89. The molecular weight excluding hydrogens is 192 g/mol. The molecule has 0 aliphatic rings. The minimum absolute atomic E-state index is 0.0401. The van der Waals surface area contributed by atoms with E-state index in [0.717, 1.165) is 5.69 Å². The molecule has 4 heteroatoms. The SMILES string of the molecule is Cc1ccc(C(=O)N(C)C(C)CO)cn1. The van der Waals surface area contributed by atoms with Crippen molar-refractivity contribution in [2.45, 2.75) is 19.9 Å². The van der Waals surface area contributed by atoms with Crippen molar-refractivity contribution in [2.75, 3.05) is 13.7 Å². The molecule has 1 atom stereocenters. The molecule has 0 aromatic carbocycles. The molecule has 0 saturated heterocycles. The average Bonchev–Trinajstić information content (AvgIpc) is 2.27. The summed E-state index contributed by atoms with van der Waals surface area (Å²) in [7, 11) is 1.67. The number of aryl methyl sites for hydroxylation is 1. The van der Waals surface area contributed by atoms with Gasteiger partial charge in [0.2, 0.25) is 0 Å². The van der Waals surface area contributed by atoms with Crippen LogP contribution in [-0.2, 0) is 0 Å². The molecule has 0 saturated carbocycles. The third-order valence-electron chi connectivity index (χ3n) is 2.40. The molecule has 0 aliphatic heterocycles. The van der Waals surface area contributed by atoms with Crippen LogP contribution in [0, 0.1) is 6.92 Å². The Balaban J connectivity index is 2.80. The third kappa shape index (κ3) is 2.76. The molecule has 4 nitrogen and oxygen atoms in total. The number of likely N-dealkylation sites (N-methyl/N-ethyl adjacent to an activating group) is 1. The lowest BCUT2D eigenvalue weighted by Gasteiger charge is -2.22. The Kier molecular flexibility index (Phi) is 3.80. The summed E-state index contributed by atoms with van der Waals surface area (Å²) in [6.07, 6.45) is 1.55. The van der Waals surface area contributed by atoms with E-state index >= 15 is 0 Å². The predicted octanol–water partition coefficient (Wildman–Crippen LogP) is 0.843. The van der Waals surface area contributed by atoms with E-state index in [4.69, 9.17) is 5.11 Å². The van der Waals surface area contributed by atoms with Crippen molar-refractivity contribution in [1.82, 2.24) is 9.88 Å². The zero-order valence-electron chi connectivity index (χ0n) is 9.27. The standard InChI is InChI=1S/C11H16N2O2/c1-8-4-5-10(6-12-8)11(15)13(3)9(2)7-14/h4-6,9,14H,7H2,1-3H3. The van der Waals surface area contributed by atoms with Gasteiger partial charge in [-0.3, -0.25) is 9.78 Å². The van der Waals surface area contributed by atoms with Crippen LogP contribution in [0.1, 0.15) is 23.0 Å². The van der Waals surface area contributed by atoms with Crippen molar-refractivity contribution >= 4 is 5.91 Å². The molecule has 1 aromatic heterocycles. The van der Waals surface area contributed by atoms with Crippen LogP contribution in [0.3, 0.4) is 0 Å². The maximum atomic E-state index is 11.8. The number of pyridine rings is 1. The van der Waals surface area contributed by atoms with Crippen LogP contribution in [0.15, 0.2) is 18.3 Å². The Morgan fingerprint density at radius 2 is 2.27 bits per heavy atom. The van der Waals surface area contributed by atoms with Crippen molar-refractivity contribution in [3.8, 4) is 0 Å². The van der Waals surface area contributed by atoms with E-state index in [2.05, 4.69) is 4.98 Å². The van der Waals surface area contributed by atoms with Gasteiger partial charge in [0.15, 0.2) is 0 Å². The largest absolute Gasteiger partial charge is 0.394 e. The molecule has 0 aliphatic carbocycles. The molecule has 0 radical (unpaired) electrons. The van der Waals surface area contributed by atoms with Crippen molar-refractivity contribution in [1.29, 1.82) is 0 Å². The molecular formula is C11H16N2O2. The van der Waals surface area contributed by atoms with E-state index in [1.54, 1.807) is 32.3 Å². The lowest BCUT2D eigenvalue weighted by Crippen LogP contribution is -2.37. The third-order valence-corrected chi connectivity index (χ3v) is 2.40. The van der Waals surface area contributed by atoms with E-state index in [9.17, 15) is 4.79 Å². The zero-order valence-corrected chi connectivity index (χ0v) is 9.27. The molecule has 1 aromatic rings. The smallest absolute Gasteiger partial charge is 0.255 e. The molecule has 0 fully saturated rings. The van der Waals surface area contributed by atoms with Crippen molar-refractivity contribution in [2.24, 2.45) is 0 Å². The molecule has 1 unspecified atom stereocenters. The summed E-state index contributed by atoms with van der Waals surface area (Å²) in [6, 6.07) is 3.36.